The van der Waals surface area contributed by atoms with Gasteiger partial charge in [0.2, 0.25) is 0 Å². The van der Waals surface area contributed by atoms with E-state index in [1.807, 2.05) is 0 Å². The number of nitrogens with one attached hydrogen (secondary N) is 1. The molecule has 0 aliphatic rings. The Labute approximate surface area is 57.3 Å². The van der Waals surface area contributed by atoms with E-state index < -0.39 is 5.56 Å². The first-order chi connectivity index (χ1) is 4.75. The van der Waals surface area contributed by atoms with Crippen LogP contribution in [-0.2, 0) is 6.54 Å². The van der Waals surface area contributed by atoms with Gasteiger partial charge in [-0.25, -0.2) is 0 Å². The molecule has 0 fully saturated rings. The number of pyridine rings is 1. The van der Waals surface area contributed by atoms with E-state index in [1.54, 1.807) is 6.07 Å². The Morgan fingerprint density at radius 3 is 2.90 bits per heavy atom. The highest BCUT2D eigenvalue weighted by molar-refractivity contribution is 5.27. The molecule has 0 amide bonds. The van der Waals surface area contributed by atoms with Crippen molar-refractivity contribution in [3.8, 4) is 5.75 Å². The Kier molecular flexibility index (Phi) is 1.73. The van der Waals surface area contributed by atoms with Crippen molar-refractivity contribution in [1.82, 2.24) is 4.98 Å². The van der Waals surface area contributed by atoms with Crippen LogP contribution >= 0.6 is 0 Å². The van der Waals surface area contributed by atoms with Crippen molar-refractivity contribution in [2.45, 2.75) is 6.54 Å². The fourth-order valence-corrected chi connectivity index (χ4v) is 0.676. The maximum absolute atomic E-state index is 10.6. The van der Waals surface area contributed by atoms with E-state index in [0.717, 1.165) is 0 Å². The largest absolute Gasteiger partial charge is 0.503 e. The molecule has 1 aromatic rings. The Hall–Kier alpha value is -1.29. The van der Waals surface area contributed by atoms with E-state index in [2.05, 4.69) is 4.98 Å². The lowest BCUT2D eigenvalue weighted by Gasteiger charge is -1.96. The second-order valence-electron chi connectivity index (χ2n) is 1.88. The summed E-state index contributed by atoms with van der Waals surface area (Å²) in [5.74, 6) is -0.287. The van der Waals surface area contributed by atoms with Crippen molar-refractivity contribution >= 4 is 0 Å². The lowest BCUT2D eigenvalue weighted by molar-refractivity contribution is 0.459. The summed E-state index contributed by atoms with van der Waals surface area (Å²) in [4.78, 5) is 13.0. The SMILES string of the molecule is NCc1cc[nH]c(=O)c1O. The fraction of sp³-hybridized carbons (Fsp3) is 0.167. The first-order valence-electron chi connectivity index (χ1n) is 2.85. The van der Waals surface area contributed by atoms with Crippen LogP contribution in [0.4, 0.5) is 0 Å². The van der Waals surface area contributed by atoms with Gasteiger partial charge in [0, 0.05) is 18.3 Å². The van der Waals surface area contributed by atoms with Crippen molar-refractivity contribution in [1.29, 1.82) is 0 Å². The number of aromatic hydroxyl groups is 1. The molecule has 4 N–H and O–H groups in total. The lowest BCUT2D eigenvalue weighted by Crippen LogP contribution is -2.08. The normalized spacial score (nSPS) is 9.70. The smallest absolute Gasteiger partial charge is 0.290 e. The van der Waals surface area contributed by atoms with E-state index in [-0.39, 0.29) is 12.3 Å². The van der Waals surface area contributed by atoms with E-state index in [1.165, 1.54) is 6.20 Å². The summed E-state index contributed by atoms with van der Waals surface area (Å²) in [6.07, 6.45) is 1.45. The molecular weight excluding hydrogens is 132 g/mol. The first-order valence-corrected chi connectivity index (χ1v) is 2.85. The van der Waals surface area contributed by atoms with Crippen LogP contribution < -0.4 is 11.3 Å². The van der Waals surface area contributed by atoms with E-state index >= 15 is 0 Å². The van der Waals surface area contributed by atoms with Crippen molar-refractivity contribution in [2.24, 2.45) is 5.73 Å². The quantitative estimate of drug-likeness (QED) is 0.493. The van der Waals surface area contributed by atoms with Gasteiger partial charge in [0.05, 0.1) is 0 Å². The molecule has 0 unspecified atom stereocenters. The summed E-state index contributed by atoms with van der Waals surface area (Å²) in [5.41, 5.74) is 5.17. The molecule has 4 nitrogen and oxygen atoms in total. The van der Waals surface area contributed by atoms with Crippen molar-refractivity contribution in [3.05, 3.63) is 28.2 Å². The van der Waals surface area contributed by atoms with Crippen LogP contribution in [-0.4, -0.2) is 10.1 Å². The maximum Gasteiger partial charge on any atom is 0.290 e. The zero-order valence-electron chi connectivity index (χ0n) is 5.29. The average Bonchev–Trinajstić information content (AvgIpc) is 1.95. The predicted molar refractivity (Wildman–Crippen MR) is 36.6 cm³/mol. The Balaban J connectivity index is 3.28. The molecule has 1 aromatic heterocycles. The molecule has 4 heteroatoms. The number of aromatic amines is 1. The third kappa shape index (κ3) is 1.01. The minimum absolute atomic E-state index is 0.176. The molecule has 0 spiro atoms. The predicted octanol–water partition coefficient (Wildman–Crippen LogP) is -0.461. The van der Waals surface area contributed by atoms with Crippen LogP contribution in [0.15, 0.2) is 17.1 Å². The van der Waals surface area contributed by atoms with E-state index in [4.69, 9.17) is 10.8 Å². The van der Waals surface area contributed by atoms with Gasteiger partial charge in [-0.2, -0.15) is 0 Å². The Morgan fingerprint density at radius 2 is 2.40 bits per heavy atom. The van der Waals surface area contributed by atoms with Gasteiger partial charge >= 0.3 is 0 Å². The summed E-state index contributed by atoms with van der Waals surface area (Å²) >= 11 is 0. The number of H-pyrrole nitrogens is 1. The molecule has 0 aliphatic heterocycles. The van der Waals surface area contributed by atoms with Crippen molar-refractivity contribution in [3.63, 3.8) is 0 Å². The highest BCUT2D eigenvalue weighted by Gasteiger charge is 2.00. The molecule has 0 aliphatic carbocycles. The summed E-state index contributed by atoms with van der Waals surface area (Å²) in [5, 5.41) is 8.97. The first kappa shape index (κ1) is 6.82. The zero-order chi connectivity index (χ0) is 7.56. The fourth-order valence-electron chi connectivity index (χ4n) is 0.676. The standard InChI is InChI=1S/C6H8N2O2/c7-3-4-1-2-8-6(10)5(4)9/h1-2,9H,3,7H2,(H,8,10). The van der Waals surface area contributed by atoms with Gasteiger partial charge in [0.25, 0.3) is 5.56 Å². The second-order valence-corrected chi connectivity index (χ2v) is 1.88. The van der Waals surface area contributed by atoms with Crippen LogP contribution in [0, 0.1) is 0 Å². The minimum Gasteiger partial charge on any atom is -0.503 e. The highest BCUT2D eigenvalue weighted by Crippen LogP contribution is 2.06. The Morgan fingerprint density at radius 1 is 1.70 bits per heavy atom. The van der Waals surface area contributed by atoms with Crippen molar-refractivity contribution < 1.29 is 5.11 Å². The number of nitrogens with two attached hydrogens (primary N) is 1. The second kappa shape index (κ2) is 2.53. The summed E-state index contributed by atoms with van der Waals surface area (Å²) in [7, 11) is 0. The number of hydrogen-bond acceptors (Lipinski definition) is 3. The topological polar surface area (TPSA) is 79.1 Å². The van der Waals surface area contributed by atoms with E-state index in [9.17, 15) is 4.79 Å². The Bertz CT molecular complexity index is 279. The molecule has 0 atom stereocenters. The average molecular weight is 140 g/mol. The third-order valence-corrected chi connectivity index (χ3v) is 1.24. The molecule has 1 heterocycles. The maximum atomic E-state index is 10.6. The summed E-state index contributed by atoms with van der Waals surface area (Å²) in [6.45, 7) is 0.176. The van der Waals surface area contributed by atoms with Gasteiger partial charge in [-0.15, -0.1) is 0 Å². The number of aromatic nitrogens is 1. The summed E-state index contributed by atoms with van der Waals surface area (Å²) < 4.78 is 0. The minimum atomic E-state index is -0.497. The number of hydrogen-bond donors (Lipinski definition) is 3. The monoisotopic (exact) mass is 140 g/mol. The van der Waals surface area contributed by atoms with Gasteiger partial charge in [-0.05, 0) is 6.07 Å². The molecule has 0 saturated carbocycles. The van der Waals surface area contributed by atoms with E-state index in [0.29, 0.717) is 5.56 Å². The van der Waals surface area contributed by atoms with Gasteiger partial charge in [-0.1, -0.05) is 0 Å². The van der Waals surface area contributed by atoms with Crippen LogP contribution in [0.3, 0.4) is 0 Å². The molecule has 1 rings (SSSR count). The van der Waals surface area contributed by atoms with Crippen LogP contribution in [0.1, 0.15) is 5.56 Å². The molecule has 10 heavy (non-hydrogen) atoms. The van der Waals surface area contributed by atoms with Gasteiger partial charge < -0.3 is 15.8 Å². The molecule has 0 aromatic carbocycles. The zero-order valence-corrected chi connectivity index (χ0v) is 5.29. The third-order valence-electron chi connectivity index (χ3n) is 1.24. The molecular formula is C6H8N2O2. The molecule has 0 bridgehead atoms. The molecule has 54 valence electrons. The van der Waals surface area contributed by atoms with Crippen molar-refractivity contribution in [2.75, 3.05) is 0 Å². The van der Waals surface area contributed by atoms with Gasteiger partial charge in [-0.3, -0.25) is 4.79 Å². The van der Waals surface area contributed by atoms with Crippen LogP contribution in [0.5, 0.6) is 5.75 Å². The molecule has 0 radical (unpaired) electrons. The molecule has 0 saturated heterocycles. The summed E-state index contributed by atoms with van der Waals surface area (Å²) in [6, 6.07) is 1.57. The van der Waals surface area contributed by atoms with Crippen LogP contribution in [0.25, 0.3) is 0 Å². The van der Waals surface area contributed by atoms with Crippen LogP contribution in [0.2, 0.25) is 0 Å². The highest BCUT2D eigenvalue weighted by atomic mass is 16.3. The lowest BCUT2D eigenvalue weighted by atomic mass is 10.2. The van der Waals surface area contributed by atoms with Gasteiger partial charge in [0.1, 0.15) is 0 Å². The number of rotatable bonds is 1. The van der Waals surface area contributed by atoms with Gasteiger partial charge in [0.15, 0.2) is 5.75 Å².